The molecule has 5 heteroatoms. The number of benzene rings is 1. The highest BCUT2D eigenvalue weighted by Gasteiger charge is 2.54. The molecule has 1 aliphatic heterocycles. The molecule has 0 saturated carbocycles. The van der Waals surface area contributed by atoms with Gasteiger partial charge in [-0.25, -0.2) is 0 Å². The third kappa shape index (κ3) is 2.46. The molecule has 2 aliphatic rings. The molecule has 0 bridgehead atoms. The van der Waals surface area contributed by atoms with Crippen molar-refractivity contribution < 1.29 is 19.4 Å². The smallest absolute Gasteiger partial charge is 0.159 e. The first-order valence-electron chi connectivity index (χ1n) is 7.31. The Morgan fingerprint density at radius 2 is 2.05 bits per heavy atom. The van der Waals surface area contributed by atoms with Crippen LogP contribution in [0.1, 0.15) is 45.3 Å². The molecule has 22 heavy (non-hydrogen) atoms. The van der Waals surface area contributed by atoms with E-state index in [2.05, 4.69) is 15.9 Å². The summed E-state index contributed by atoms with van der Waals surface area (Å²) in [6, 6.07) is 5.65. The first-order valence-corrected chi connectivity index (χ1v) is 8.11. The van der Waals surface area contributed by atoms with Crippen LogP contribution in [0.15, 0.2) is 34.5 Å². The van der Waals surface area contributed by atoms with Crippen LogP contribution in [0, 0.1) is 0 Å². The van der Waals surface area contributed by atoms with Gasteiger partial charge in [-0.3, -0.25) is 4.79 Å². The monoisotopic (exact) mass is 366 g/mol. The molecule has 3 rings (SSSR count). The summed E-state index contributed by atoms with van der Waals surface area (Å²) in [5, 5.41) is 11.0. The minimum atomic E-state index is -1.24. The molecular formula is C17H19BrO4. The summed E-state index contributed by atoms with van der Waals surface area (Å²) in [6.07, 6.45) is 1.97. The van der Waals surface area contributed by atoms with Crippen molar-refractivity contribution in [3.63, 3.8) is 0 Å². The average molecular weight is 367 g/mol. The number of hydrogen-bond donors (Lipinski definition) is 1. The molecule has 1 N–H and O–H groups in total. The van der Waals surface area contributed by atoms with Crippen molar-refractivity contribution in [3.8, 4) is 5.75 Å². The fraction of sp³-hybridized carbons (Fsp3) is 0.471. The molecule has 0 saturated heterocycles. The molecule has 0 spiro atoms. The van der Waals surface area contributed by atoms with Gasteiger partial charge in [0.25, 0.3) is 0 Å². The number of halogens is 1. The van der Waals surface area contributed by atoms with Crippen LogP contribution in [-0.4, -0.2) is 22.1 Å². The lowest BCUT2D eigenvalue weighted by molar-refractivity contribution is -0.188. The van der Waals surface area contributed by atoms with Gasteiger partial charge in [-0.2, -0.15) is 0 Å². The Bertz CT molecular complexity index is 661. The highest BCUT2D eigenvalue weighted by atomic mass is 79.9. The number of allylic oxidation sites excluding steroid dienone is 2. The number of fused-ring (bicyclic) bond motifs is 1. The predicted octanol–water partition coefficient (Wildman–Crippen LogP) is 3.68. The standard InChI is InChI=1S/C17H19BrO4/c1-16(2)17(3,20)15(21-12-6-5-11(19)9-12)13-8-10(18)4-7-14(13)22-16/h4,7-9,15,20H,5-6H2,1-3H3. The number of rotatable bonds is 2. The molecule has 0 radical (unpaired) electrons. The third-order valence-electron chi connectivity index (χ3n) is 4.56. The first-order chi connectivity index (χ1) is 10.2. The second-order valence-electron chi connectivity index (χ2n) is 6.52. The van der Waals surface area contributed by atoms with Gasteiger partial charge in [0.15, 0.2) is 11.9 Å². The van der Waals surface area contributed by atoms with Crippen molar-refractivity contribution in [2.24, 2.45) is 0 Å². The van der Waals surface area contributed by atoms with Crippen molar-refractivity contribution in [3.05, 3.63) is 40.1 Å². The summed E-state index contributed by atoms with van der Waals surface area (Å²) in [5.74, 6) is 1.38. The number of ether oxygens (including phenoxy) is 2. The normalized spacial score (nSPS) is 29.6. The van der Waals surface area contributed by atoms with E-state index < -0.39 is 17.3 Å². The Labute approximate surface area is 138 Å². The summed E-state index contributed by atoms with van der Waals surface area (Å²) in [6.45, 7) is 5.38. The Morgan fingerprint density at radius 3 is 2.68 bits per heavy atom. The largest absolute Gasteiger partial charge is 0.487 e. The van der Waals surface area contributed by atoms with Crippen LogP contribution in [0.25, 0.3) is 0 Å². The Kier molecular flexibility index (Phi) is 3.61. The quantitative estimate of drug-likeness (QED) is 0.867. The van der Waals surface area contributed by atoms with Crippen molar-refractivity contribution >= 4 is 21.7 Å². The highest BCUT2D eigenvalue weighted by molar-refractivity contribution is 9.10. The lowest BCUT2D eigenvalue weighted by atomic mass is 9.77. The van der Waals surface area contributed by atoms with Gasteiger partial charge in [0.2, 0.25) is 0 Å². The van der Waals surface area contributed by atoms with Crippen LogP contribution in [0.2, 0.25) is 0 Å². The molecule has 1 aromatic carbocycles. The second kappa shape index (κ2) is 5.10. The number of aliphatic hydroxyl groups is 1. The van der Waals surface area contributed by atoms with Gasteiger partial charge in [0.1, 0.15) is 22.7 Å². The maximum atomic E-state index is 11.4. The van der Waals surface area contributed by atoms with Crippen LogP contribution in [-0.2, 0) is 9.53 Å². The number of carbonyl (C=O) groups excluding carboxylic acids is 1. The van der Waals surface area contributed by atoms with E-state index in [0.29, 0.717) is 24.4 Å². The minimum absolute atomic E-state index is 0.0652. The predicted molar refractivity (Wildman–Crippen MR) is 85.6 cm³/mol. The molecule has 118 valence electrons. The molecule has 0 fully saturated rings. The Hall–Kier alpha value is -1.33. The fourth-order valence-corrected chi connectivity index (χ4v) is 3.19. The minimum Gasteiger partial charge on any atom is -0.487 e. The molecule has 2 unspecified atom stereocenters. The summed E-state index contributed by atoms with van der Waals surface area (Å²) in [4.78, 5) is 11.4. The maximum absolute atomic E-state index is 11.4. The van der Waals surface area contributed by atoms with E-state index in [1.54, 1.807) is 6.92 Å². The molecule has 1 aromatic rings. The summed E-state index contributed by atoms with van der Waals surface area (Å²) >= 11 is 3.44. The van der Waals surface area contributed by atoms with E-state index in [9.17, 15) is 9.90 Å². The Morgan fingerprint density at radius 1 is 1.32 bits per heavy atom. The maximum Gasteiger partial charge on any atom is 0.159 e. The topological polar surface area (TPSA) is 55.8 Å². The van der Waals surface area contributed by atoms with Crippen LogP contribution in [0.5, 0.6) is 5.75 Å². The average Bonchev–Trinajstić information content (AvgIpc) is 2.82. The molecule has 0 amide bonds. The fourth-order valence-electron chi connectivity index (χ4n) is 2.81. The van der Waals surface area contributed by atoms with E-state index in [4.69, 9.17) is 9.47 Å². The SMILES string of the molecule is CC1(C)Oc2ccc(Br)cc2C(OC2=CC(=O)CC2)C1(C)O. The third-order valence-corrected chi connectivity index (χ3v) is 5.05. The van der Waals surface area contributed by atoms with Gasteiger partial charge < -0.3 is 14.6 Å². The molecule has 2 atom stereocenters. The lowest BCUT2D eigenvalue weighted by Crippen LogP contribution is -2.58. The van der Waals surface area contributed by atoms with Crippen molar-refractivity contribution in [2.75, 3.05) is 0 Å². The van der Waals surface area contributed by atoms with Gasteiger partial charge in [0, 0.05) is 29.0 Å². The summed E-state index contributed by atoms with van der Waals surface area (Å²) in [5.41, 5.74) is -1.28. The van der Waals surface area contributed by atoms with Crippen LogP contribution in [0.3, 0.4) is 0 Å². The number of ketones is 1. The molecule has 1 heterocycles. The number of hydrogen-bond acceptors (Lipinski definition) is 4. The first kappa shape index (κ1) is 15.6. The molecule has 1 aliphatic carbocycles. The molecular weight excluding hydrogens is 348 g/mol. The second-order valence-corrected chi connectivity index (χ2v) is 7.43. The van der Waals surface area contributed by atoms with E-state index in [-0.39, 0.29) is 5.78 Å². The molecule has 4 nitrogen and oxygen atoms in total. The zero-order valence-electron chi connectivity index (χ0n) is 12.9. The van der Waals surface area contributed by atoms with Crippen molar-refractivity contribution in [1.29, 1.82) is 0 Å². The summed E-state index contributed by atoms with van der Waals surface area (Å²) in [7, 11) is 0. The van der Waals surface area contributed by atoms with Crippen LogP contribution >= 0.6 is 15.9 Å². The zero-order valence-corrected chi connectivity index (χ0v) is 14.4. The van der Waals surface area contributed by atoms with Crippen LogP contribution < -0.4 is 4.74 Å². The van der Waals surface area contributed by atoms with Crippen molar-refractivity contribution in [1.82, 2.24) is 0 Å². The van der Waals surface area contributed by atoms with E-state index >= 15 is 0 Å². The molecule has 0 aromatic heterocycles. The van der Waals surface area contributed by atoms with Gasteiger partial charge in [-0.05, 0) is 39.0 Å². The Balaban J connectivity index is 2.06. The van der Waals surface area contributed by atoms with Gasteiger partial charge >= 0.3 is 0 Å². The van der Waals surface area contributed by atoms with E-state index in [1.807, 2.05) is 32.0 Å². The summed E-state index contributed by atoms with van der Waals surface area (Å²) < 4.78 is 12.9. The van der Waals surface area contributed by atoms with Gasteiger partial charge in [-0.15, -0.1) is 0 Å². The zero-order chi connectivity index (χ0) is 16.1. The van der Waals surface area contributed by atoms with Crippen molar-refractivity contribution in [2.45, 2.75) is 50.9 Å². The lowest BCUT2D eigenvalue weighted by Gasteiger charge is -2.49. The van der Waals surface area contributed by atoms with E-state index in [1.165, 1.54) is 6.08 Å². The van der Waals surface area contributed by atoms with Gasteiger partial charge in [0.05, 0.1) is 0 Å². The van der Waals surface area contributed by atoms with E-state index in [0.717, 1.165) is 10.0 Å². The van der Waals surface area contributed by atoms with Crippen LogP contribution in [0.4, 0.5) is 0 Å². The van der Waals surface area contributed by atoms with Gasteiger partial charge in [-0.1, -0.05) is 15.9 Å². The highest BCUT2D eigenvalue weighted by Crippen LogP contribution is 2.49. The number of carbonyl (C=O) groups is 1.